The van der Waals surface area contributed by atoms with Gasteiger partial charge in [0.05, 0.1) is 4.83 Å². The minimum atomic E-state index is 0.313. The number of alkyl halides is 1. The Hall–Kier alpha value is 0.170. The molecule has 1 atom stereocenters. The van der Waals surface area contributed by atoms with Gasteiger partial charge in [-0.2, -0.15) is 0 Å². The average Bonchev–Trinajstić information content (AvgIpc) is 2.65. The number of benzene rings is 1. The van der Waals surface area contributed by atoms with Crippen LogP contribution >= 0.6 is 54.8 Å². The Balaban J connectivity index is 2.15. The molecule has 96 valence electrons. The molecule has 0 spiro atoms. The number of halogens is 3. The standard InChI is InChI=1S/C14H13Br2ClS/c1-8-3-4-10(5-9(8)2)6-11(15)13-7-12(16)14(17)18-13/h3-5,7,11H,6H2,1-2H3. The molecule has 0 aliphatic rings. The van der Waals surface area contributed by atoms with E-state index in [-0.39, 0.29) is 0 Å². The van der Waals surface area contributed by atoms with E-state index >= 15 is 0 Å². The molecule has 0 aliphatic heterocycles. The maximum absolute atomic E-state index is 6.07. The average molecular weight is 409 g/mol. The summed E-state index contributed by atoms with van der Waals surface area (Å²) < 4.78 is 1.79. The van der Waals surface area contributed by atoms with E-state index in [1.165, 1.54) is 21.6 Å². The molecule has 18 heavy (non-hydrogen) atoms. The fourth-order valence-corrected chi connectivity index (χ4v) is 4.26. The second-order valence-corrected chi connectivity index (χ2v) is 8.01. The normalized spacial score (nSPS) is 12.7. The Kier molecular flexibility index (Phi) is 4.92. The molecule has 2 aromatic rings. The van der Waals surface area contributed by atoms with Gasteiger partial charge < -0.3 is 0 Å². The molecule has 0 N–H and O–H groups in total. The third-order valence-electron chi connectivity index (χ3n) is 2.96. The molecule has 2 rings (SSSR count). The number of rotatable bonds is 3. The van der Waals surface area contributed by atoms with Gasteiger partial charge in [-0.25, -0.2) is 0 Å². The van der Waals surface area contributed by atoms with Crippen LogP contribution in [-0.4, -0.2) is 0 Å². The summed E-state index contributed by atoms with van der Waals surface area (Å²) in [5, 5.41) is 0. The van der Waals surface area contributed by atoms with Crippen molar-refractivity contribution in [3.05, 3.63) is 54.6 Å². The lowest BCUT2D eigenvalue weighted by Gasteiger charge is -2.09. The summed E-state index contributed by atoms with van der Waals surface area (Å²) in [6, 6.07) is 8.73. The van der Waals surface area contributed by atoms with Crippen molar-refractivity contribution >= 4 is 54.8 Å². The van der Waals surface area contributed by atoms with Crippen LogP contribution in [0.4, 0.5) is 0 Å². The number of aryl methyl sites for hydroxylation is 2. The molecule has 0 fully saturated rings. The van der Waals surface area contributed by atoms with Crippen molar-refractivity contribution in [2.24, 2.45) is 0 Å². The highest BCUT2D eigenvalue weighted by molar-refractivity contribution is 9.10. The Bertz CT molecular complexity index is 543. The highest BCUT2D eigenvalue weighted by atomic mass is 79.9. The SMILES string of the molecule is Cc1ccc(CC(Br)c2cc(Br)c(Cl)s2)cc1C. The molecule has 0 amide bonds. The molecule has 0 radical (unpaired) electrons. The van der Waals surface area contributed by atoms with Gasteiger partial charge in [0.25, 0.3) is 0 Å². The summed E-state index contributed by atoms with van der Waals surface area (Å²) in [7, 11) is 0. The van der Waals surface area contributed by atoms with Crippen molar-refractivity contribution in [1.29, 1.82) is 0 Å². The van der Waals surface area contributed by atoms with Crippen LogP contribution in [0.25, 0.3) is 0 Å². The number of hydrogen-bond donors (Lipinski definition) is 0. The van der Waals surface area contributed by atoms with Gasteiger partial charge in [-0.15, -0.1) is 11.3 Å². The molecule has 0 nitrogen and oxygen atoms in total. The second kappa shape index (κ2) is 6.08. The monoisotopic (exact) mass is 406 g/mol. The Morgan fingerprint density at radius 3 is 2.50 bits per heavy atom. The first-order valence-corrected chi connectivity index (χ1v) is 8.52. The third-order valence-corrected chi connectivity index (χ3v) is 6.67. The van der Waals surface area contributed by atoms with Gasteiger partial charge in [0, 0.05) is 9.35 Å². The van der Waals surface area contributed by atoms with Crippen LogP contribution in [0.1, 0.15) is 26.4 Å². The molecule has 1 unspecified atom stereocenters. The zero-order valence-corrected chi connectivity index (χ0v) is 14.9. The van der Waals surface area contributed by atoms with E-state index in [1.807, 2.05) is 0 Å². The van der Waals surface area contributed by atoms with Crippen LogP contribution in [0, 0.1) is 13.8 Å². The fourth-order valence-electron chi connectivity index (χ4n) is 1.76. The van der Waals surface area contributed by atoms with Gasteiger partial charge in [0.15, 0.2) is 0 Å². The lowest BCUT2D eigenvalue weighted by Crippen LogP contribution is -1.94. The first-order chi connectivity index (χ1) is 8.47. The smallest absolute Gasteiger partial charge is 0.107 e. The van der Waals surface area contributed by atoms with Gasteiger partial charge in [0.2, 0.25) is 0 Å². The van der Waals surface area contributed by atoms with Crippen molar-refractivity contribution in [2.45, 2.75) is 25.1 Å². The molecule has 1 aromatic heterocycles. The van der Waals surface area contributed by atoms with Crippen LogP contribution in [0.15, 0.2) is 28.7 Å². The minimum Gasteiger partial charge on any atom is -0.126 e. The molecule has 0 saturated heterocycles. The molecule has 1 aromatic carbocycles. The summed E-state index contributed by atoms with van der Waals surface area (Å²) >= 11 is 14.9. The van der Waals surface area contributed by atoms with E-state index in [1.54, 1.807) is 11.3 Å². The molecular weight excluding hydrogens is 395 g/mol. The van der Waals surface area contributed by atoms with Crippen molar-refractivity contribution < 1.29 is 0 Å². The summed E-state index contributed by atoms with van der Waals surface area (Å²) in [6.45, 7) is 4.29. The van der Waals surface area contributed by atoms with E-state index in [4.69, 9.17) is 11.6 Å². The predicted molar refractivity (Wildman–Crippen MR) is 88.3 cm³/mol. The quantitative estimate of drug-likeness (QED) is 0.511. The first-order valence-electron chi connectivity index (χ1n) is 5.62. The number of hydrogen-bond acceptors (Lipinski definition) is 1. The Labute approximate surface area is 134 Å². The largest absolute Gasteiger partial charge is 0.126 e. The van der Waals surface area contributed by atoms with Crippen LogP contribution in [-0.2, 0) is 6.42 Å². The summed E-state index contributed by atoms with van der Waals surface area (Å²) in [6.07, 6.45) is 0.977. The summed E-state index contributed by atoms with van der Waals surface area (Å²) in [5.74, 6) is 0. The molecular formula is C14H13Br2ClS. The van der Waals surface area contributed by atoms with E-state index in [2.05, 4.69) is 70.0 Å². The van der Waals surface area contributed by atoms with Gasteiger partial charge >= 0.3 is 0 Å². The van der Waals surface area contributed by atoms with E-state index in [9.17, 15) is 0 Å². The van der Waals surface area contributed by atoms with Crippen LogP contribution in [0.3, 0.4) is 0 Å². The highest BCUT2D eigenvalue weighted by Crippen LogP contribution is 2.39. The first kappa shape index (κ1) is 14.6. The van der Waals surface area contributed by atoms with Gasteiger partial charge in [-0.1, -0.05) is 45.7 Å². The lowest BCUT2D eigenvalue weighted by molar-refractivity contribution is 0.965. The van der Waals surface area contributed by atoms with Gasteiger partial charge in [0.1, 0.15) is 4.34 Å². The molecule has 4 heteroatoms. The van der Waals surface area contributed by atoms with Crippen molar-refractivity contribution in [1.82, 2.24) is 0 Å². The zero-order valence-electron chi connectivity index (χ0n) is 10.1. The Morgan fingerprint density at radius 2 is 1.94 bits per heavy atom. The summed E-state index contributed by atoms with van der Waals surface area (Å²) in [4.78, 5) is 1.57. The topological polar surface area (TPSA) is 0 Å². The van der Waals surface area contributed by atoms with Gasteiger partial charge in [-0.3, -0.25) is 0 Å². The van der Waals surface area contributed by atoms with Crippen LogP contribution in [0.2, 0.25) is 4.34 Å². The molecule has 0 bridgehead atoms. The molecule has 0 aliphatic carbocycles. The highest BCUT2D eigenvalue weighted by Gasteiger charge is 2.14. The number of thiophene rings is 1. The maximum Gasteiger partial charge on any atom is 0.107 e. The van der Waals surface area contributed by atoms with E-state index < -0.39 is 0 Å². The van der Waals surface area contributed by atoms with Gasteiger partial charge in [-0.05, 0) is 59.0 Å². The van der Waals surface area contributed by atoms with Crippen molar-refractivity contribution in [2.75, 3.05) is 0 Å². The lowest BCUT2D eigenvalue weighted by atomic mass is 10.0. The van der Waals surface area contributed by atoms with E-state index in [0.29, 0.717) is 4.83 Å². The predicted octanol–water partition coefficient (Wildman–Crippen LogP) is 6.46. The zero-order chi connectivity index (χ0) is 13.3. The summed E-state index contributed by atoms with van der Waals surface area (Å²) in [5.41, 5.74) is 4.03. The maximum atomic E-state index is 6.07. The Morgan fingerprint density at radius 1 is 1.22 bits per heavy atom. The van der Waals surface area contributed by atoms with Crippen LogP contribution < -0.4 is 0 Å². The molecule has 0 saturated carbocycles. The second-order valence-electron chi connectivity index (χ2n) is 4.36. The van der Waals surface area contributed by atoms with Crippen LogP contribution in [0.5, 0.6) is 0 Å². The fraction of sp³-hybridized carbons (Fsp3) is 0.286. The van der Waals surface area contributed by atoms with E-state index in [0.717, 1.165) is 15.2 Å². The molecule has 1 heterocycles. The minimum absolute atomic E-state index is 0.313. The van der Waals surface area contributed by atoms with Crippen molar-refractivity contribution in [3.8, 4) is 0 Å². The third kappa shape index (κ3) is 3.38. The van der Waals surface area contributed by atoms with Crippen molar-refractivity contribution in [3.63, 3.8) is 0 Å².